The third-order valence-corrected chi connectivity index (χ3v) is 5.49. The summed E-state index contributed by atoms with van der Waals surface area (Å²) < 4.78 is 0. The quantitative estimate of drug-likeness (QED) is 0.484. The molecule has 1 aromatic heterocycles. The Morgan fingerprint density at radius 2 is 1.69 bits per heavy atom. The highest BCUT2D eigenvalue weighted by molar-refractivity contribution is 6.07. The van der Waals surface area contributed by atoms with Crippen molar-refractivity contribution < 1.29 is 9.59 Å². The summed E-state index contributed by atoms with van der Waals surface area (Å²) in [5.74, 6) is -0.337. The van der Waals surface area contributed by atoms with Crippen LogP contribution in [0.25, 0.3) is 22.2 Å². The van der Waals surface area contributed by atoms with Crippen LogP contribution in [-0.4, -0.2) is 23.8 Å². The molecule has 0 saturated heterocycles. The van der Waals surface area contributed by atoms with Crippen molar-refractivity contribution in [1.82, 2.24) is 15.6 Å². The molecule has 0 aliphatic carbocycles. The van der Waals surface area contributed by atoms with Gasteiger partial charge >= 0.3 is 0 Å². The molecule has 1 heterocycles. The highest BCUT2D eigenvalue weighted by Crippen LogP contribution is 2.27. The molecule has 32 heavy (non-hydrogen) atoms. The van der Waals surface area contributed by atoms with E-state index < -0.39 is 0 Å². The van der Waals surface area contributed by atoms with Crippen molar-refractivity contribution in [3.63, 3.8) is 0 Å². The Morgan fingerprint density at radius 1 is 0.875 bits per heavy atom. The van der Waals surface area contributed by atoms with E-state index in [0.717, 1.165) is 33.3 Å². The van der Waals surface area contributed by atoms with Gasteiger partial charge in [-0.25, -0.2) is 4.98 Å². The van der Waals surface area contributed by atoms with Crippen molar-refractivity contribution in [3.8, 4) is 11.3 Å². The van der Waals surface area contributed by atoms with E-state index in [0.29, 0.717) is 17.7 Å². The Kier molecular flexibility index (Phi) is 5.99. The molecule has 0 spiro atoms. The number of rotatable bonds is 5. The van der Waals surface area contributed by atoms with Gasteiger partial charge in [-0.05, 0) is 49.2 Å². The predicted molar refractivity (Wildman–Crippen MR) is 128 cm³/mol. The van der Waals surface area contributed by atoms with Crippen LogP contribution in [0, 0.1) is 13.8 Å². The number of nitrogens with zero attached hydrogens (tertiary/aromatic N) is 1. The number of pyridine rings is 1. The molecule has 0 bridgehead atoms. The average Bonchev–Trinajstić information content (AvgIpc) is 2.81. The van der Waals surface area contributed by atoms with Crippen LogP contribution >= 0.6 is 0 Å². The highest BCUT2D eigenvalue weighted by atomic mass is 16.2. The first-order valence-electron chi connectivity index (χ1n) is 10.5. The number of para-hydroxylation sites is 1. The first kappa shape index (κ1) is 21.2. The third-order valence-electron chi connectivity index (χ3n) is 5.49. The van der Waals surface area contributed by atoms with Gasteiger partial charge in [-0.3, -0.25) is 9.59 Å². The van der Waals surface area contributed by atoms with Crippen LogP contribution in [0.2, 0.25) is 0 Å². The lowest BCUT2D eigenvalue weighted by Crippen LogP contribution is -2.24. The molecule has 0 saturated carbocycles. The van der Waals surface area contributed by atoms with E-state index in [9.17, 15) is 9.59 Å². The number of carbonyl (C=O) groups is 2. The number of aromatic nitrogens is 1. The zero-order valence-electron chi connectivity index (χ0n) is 18.4. The standard InChI is InChI=1S/C27H25N3O2/c1-17-11-12-21(18(2)13-17)25-15-23(22-9-4-5-10-24(22)30-25)27(32)29-16-19-7-6-8-20(14-19)26(31)28-3/h4-15H,16H2,1-3H3,(H,28,31)(H,29,32). The summed E-state index contributed by atoms with van der Waals surface area (Å²) in [5, 5.41) is 6.41. The second kappa shape index (κ2) is 9.02. The lowest BCUT2D eigenvalue weighted by Gasteiger charge is -2.13. The van der Waals surface area contributed by atoms with E-state index >= 15 is 0 Å². The van der Waals surface area contributed by atoms with Gasteiger partial charge in [0.05, 0.1) is 16.8 Å². The van der Waals surface area contributed by atoms with Crippen LogP contribution in [-0.2, 0) is 6.54 Å². The van der Waals surface area contributed by atoms with E-state index in [-0.39, 0.29) is 11.8 Å². The minimum absolute atomic E-state index is 0.156. The smallest absolute Gasteiger partial charge is 0.252 e. The number of aryl methyl sites for hydroxylation is 2. The summed E-state index contributed by atoms with van der Waals surface area (Å²) in [6.45, 7) is 4.43. The molecule has 4 aromatic rings. The molecular weight excluding hydrogens is 398 g/mol. The maximum absolute atomic E-state index is 13.2. The zero-order valence-corrected chi connectivity index (χ0v) is 18.4. The van der Waals surface area contributed by atoms with Crippen LogP contribution in [0.4, 0.5) is 0 Å². The number of benzene rings is 3. The molecule has 0 aliphatic rings. The SMILES string of the molecule is CNC(=O)c1cccc(CNC(=O)c2cc(-c3ccc(C)cc3C)nc3ccccc23)c1. The topological polar surface area (TPSA) is 71.1 Å². The van der Waals surface area contributed by atoms with Crippen molar-refractivity contribution >= 4 is 22.7 Å². The van der Waals surface area contributed by atoms with Gasteiger partial charge in [-0.15, -0.1) is 0 Å². The van der Waals surface area contributed by atoms with Crippen molar-refractivity contribution in [2.75, 3.05) is 7.05 Å². The van der Waals surface area contributed by atoms with E-state index in [4.69, 9.17) is 4.98 Å². The Morgan fingerprint density at radius 3 is 2.47 bits per heavy atom. The minimum atomic E-state index is -0.181. The molecule has 0 radical (unpaired) electrons. The number of amides is 2. The molecule has 0 aliphatic heterocycles. The summed E-state index contributed by atoms with van der Waals surface area (Å²) in [5.41, 5.74) is 6.85. The Hall–Kier alpha value is -3.99. The Bertz CT molecular complexity index is 1330. The van der Waals surface area contributed by atoms with Gasteiger partial charge in [0.15, 0.2) is 0 Å². The van der Waals surface area contributed by atoms with E-state index in [1.807, 2.05) is 48.5 Å². The van der Waals surface area contributed by atoms with Crippen LogP contribution in [0.15, 0.2) is 72.8 Å². The molecule has 0 fully saturated rings. The van der Waals surface area contributed by atoms with Crippen molar-refractivity contribution in [1.29, 1.82) is 0 Å². The van der Waals surface area contributed by atoms with Crippen LogP contribution in [0.3, 0.4) is 0 Å². The normalized spacial score (nSPS) is 10.7. The fourth-order valence-corrected chi connectivity index (χ4v) is 3.85. The maximum atomic E-state index is 13.2. The van der Waals surface area contributed by atoms with Crippen LogP contribution < -0.4 is 10.6 Å². The number of hydrogen-bond acceptors (Lipinski definition) is 3. The highest BCUT2D eigenvalue weighted by Gasteiger charge is 2.15. The largest absolute Gasteiger partial charge is 0.355 e. The molecule has 4 rings (SSSR count). The maximum Gasteiger partial charge on any atom is 0.252 e. The van der Waals surface area contributed by atoms with Crippen LogP contribution in [0.5, 0.6) is 0 Å². The minimum Gasteiger partial charge on any atom is -0.355 e. The van der Waals surface area contributed by atoms with Gasteiger partial charge in [0, 0.05) is 30.1 Å². The van der Waals surface area contributed by atoms with Gasteiger partial charge in [0.1, 0.15) is 0 Å². The number of fused-ring (bicyclic) bond motifs is 1. The molecule has 3 aromatic carbocycles. The van der Waals surface area contributed by atoms with E-state index in [2.05, 4.69) is 36.6 Å². The van der Waals surface area contributed by atoms with E-state index in [1.165, 1.54) is 5.56 Å². The molecule has 160 valence electrons. The predicted octanol–water partition coefficient (Wildman–Crippen LogP) is 4.81. The summed E-state index contributed by atoms with van der Waals surface area (Å²) in [6, 6.07) is 23.0. The van der Waals surface area contributed by atoms with Crippen molar-refractivity contribution in [3.05, 3.63) is 101 Å². The summed E-state index contributed by atoms with van der Waals surface area (Å²) in [6.07, 6.45) is 0. The fourth-order valence-electron chi connectivity index (χ4n) is 3.85. The van der Waals surface area contributed by atoms with Gasteiger partial charge in [-0.2, -0.15) is 0 Å². The number of hydrogen-bond donors (Lipinski definition) is 2. The number of nitrogens with one attached hydrogen (secondary N) is 2. The summed E-state index contributed by atoms with van der Waals surface area (Å²) >= 11 is 0. The van der Waals surface area contributed by atoms with Gasteiger partial charge < -0.3 is 10.6 Å². The Labute approximate surface area is 187 Å². The van der Waals surface area contributed by atoms with Gasteiger partial charge in [-0.1, -0.05) is 54.1 Å². The van der Waals surface area contributed by atoms with Gasteiger partial charge in [0.2, 0.25) is 0 Å². The molecule has 5 nitrogen and oxygen atoms in total. The lowest BCUT2D eigenvalue weighted by molar-refractivity contribution is 0.0950. The molecule has 0 unspecified atom stereocenters. The van der Waals surface area contributed by atoms with E-state index in [1.54, 1.807) is 19.2 Å². The summed E-state index contributed by atoms with van der Waals surface area (Å²) in [4.78, 5) is 29.9. The molecule has 0 atom stereocenters. The molecule has 2 N–H and O–H groups in total. The molecular formula is C27H25N3O2. The molecule has 5 heteroatoms. The van der Waals surface area contributed by atoms with Crippen molar-refractivity contribution in [2.45, 2.75) is 20.4 Å². The third kappa shape index (κ3) is 4.37. The fraction of sp³-hybridized carbons (Fsp3) is 0.148. The van der Waals surface area contributed by atoms with Crippen LogP contribution in [0.1, 0.15) is 37.4 Å². The first-order chi connectivity index (χ1) is 15.5. The number of carbonyl (C=O) groups excluding carboxylic acids is 2. The summed E-state index contributed by atoms with van der Waals surface area (Å²) in [7, 11) is 1.60. The van der Waals surface area contributed by atoms with Crippen molar-refractivity contribution in [2.24, 2.45) is 0 Å². The monoisotopic (exact) mass is 423 g/mol. The average molecular weight is 424 g/mol. The van der Waals surface area contributed by atoms with Gasteiger partial charge in [0.25, 0.3) is 11.8 Å². The first-order valence-corrected chi connectivity index (χ1v) is 10.5. The molecule has 2 amide bonds. The second-order valence-corrected chi connectivity index (χ2v) is 7.85. The Balaban J connectivity index is 1.67. The lowest BCUT2D eigenvalue weighted by atomic mass is 9.99. The second-order valence-electron chi connectivity index (χ2n) is 7.85. The zero-order chi connectivity index (χ0) is 22.7.